The quantitative estimate of drug-likeness (QED) is 0.273. The third-order valence-electron chi connectivity index (χ3n) is 4.69. The van der Waals surface area contributed by atoms with Crippen molar-refractivity contribution in [3.05, 3.63) is 0 Å². The Balaban J connectivity index is 3.16. The highest BCUT2D eigenvalue weighted by Crippen LogP contribution is 2.13. The van der Waals surface area contributed by atoms with Gasteiger partial charge in [0.1, 0.15) is 13.5 Å². The molecule has 0 atom stereocenters. The molecular weight excluding hydrogens is 302 g/mol. The lowest BCUT2D eigenvalue weighted by molar-refractivity contribution is -0.139. The summed E-state index contributed by atoms with van der Waals surface area (Å²) in [7, 11) is 0. The molecule has 2 N–H and O–H groups in total. The van der Waals surface area contributed by atoms with E-state index in [9.17, 15) is 4.79 Å². The molecule has 0 saturated carbocycles. The largest absolute Gasteiger partial charge is 0.376 e. The van der Waals surface area contributed by atoms with Crippen LogP contribution in [0, 0.1) is 0 Å². The van der Waals surface area contributed by atoms with E-state index < -0.39 is 13.5 Å². The van der Waals surface area contributed by atoms with Gasteiger partial charge >= 0.3 is 0 Å². The number of hydrogen-bond acceptors (Lipinski definition) is 3. The molecule has 4 heteroatoms. The molecular formula is C20H41NO3. The van der Waals surface area contributed by atoms with Crippen LogP contribution in [0.3, 0.4) is 0 Å². The van der Waals surface area contributed by atoms with Crippen molar-refractivity contribution in [1.29, 1.82) is 0 Å². The van der Waals surface area contributed by atoms with Crippen LogP contribution < -0.4 is 0 Å². The van der Waals surface area contributed by atoms with Gasteiger partial charge in [-0.2, -0.15) is 0 Å². The number of amides is 1. The third kappa shape index (κ3) is 14.9. The number of rotatable bonds is 18. The van der Waals surface area contributed by atoms with Gasteiger partial charge in [0.15, 0.2) is 0 Å². The fourth-order valence-electron chi connectivity index (χ4n) is 3.01. The van der Waals surface area contributed by atoms with Gasteiger partial charge < -0.3 is 10.2 Å². The van der Waals surface area contributed by atoms with Crippen LogP contribution in [0.5, 0.6) is 0 Å². The molecule has 0 saturated heterocycles. The van der Waals surface area contributed by atoms with E-state index in [0.29, 0.717) is 6.42 Å². The zero-order chi connectivity index (χ0) is 17.9. The minimum atomic E-state index is -0.395. The number of hydrogen-bond donors (Lipinski definition) is 2. The second-order valence-electron chi connectivity index (χ2n) is 6.92. The Labute approximate surface area is 149 Å². The molecule has 0 heterocycles. The summed E-state index contributed by atoms with van der Waals surface area (Å²) in [5.41, 5.74) is 0. The molecule has 0 aromatic heterocycles. The molecule has 0 radical (unpaired) electrons. The van der Waals surface area contributed by atoms with Gasteiger partial charge in [0, 0.05) is 6.42 Å². The molecule has 4 nitrogen and oxygen atoms in total. The number of carbonyl (C=O) groups excluding carboxylic acids is 1. The smallest absolute Gasteiger partial charge is 0.226 e. The molecule has 0 aliphatic carbocycles. The summed E-state index contributed by atoms with van der Waals surface area (Å²) in [6.07, 6.45) is 20.0. The van der Waals surface area contributed by atoms with Gasteiger partial charge in [-0.25, -0.2) is 0 Å². The van der Waals surface area contributed by atoms with Crippen molar-refractivity contribution in [3.8, 4) is 0 Å². The summed E-state index contributed by atoms with van der Waals surface area (Å²) in [4.78, 5) is 12.6. The van der Waals surface area contributed by atoms with E-state index in [4.69, 9.17) is 10.2 Å². The highest BCUT2D eigenvalue weighted by Gasteiger charge is 2.09. The Morgan fingerprint density at radius 2 is 0.958 bits per heavy atom. The van der Waals surface area contributed by atoms with Crippen LogP contribution in [0.25, 0.3) is 0 Å². The molecule has 0 fully saturated rings. The van der Waals surface area contributed by atoms with Crippen molar-refractivity contribution in [2.45, 2.75) is 110 Å². The monoisotopic (exact) mass is 343 g/mol. The molecule has 0 bridgehead atoms. The minimum Gasteiger partial charge on any atom is -0.376 e. The number of aliphatic hydroxyl groups excluding tert-OH is 2. The number of carbonyl (C=O) groups is 1. The fraction of sp³-hybridized carbons (Fsp3) is 0.950. The lowest BCUT2D eigenvalue weighted by Gasteiger charge is -2.16. The zero-order valence-electron chi connectivity index (χ0n) is 16.0. The first-order chi connectivity index (χ1) is 11.8. The maximum Gasteiger partial charge on any atom is 0.226 e. The summed E-state index contributed by atoms with van der Waals surface area (Å²) in [5, 5.41) is 17.7. The second kappa shape index (κ2) is 18.7. The van der Waals surface area contributed by atoms with Crippen LogP contribution in [-0.4, -0.2) is 34.5 Å². The van der Waals surface area contributed by atoms with E-state index in [-0.39, 0.29) is 5.91 Å². The van der Waals surface area contributed by atoms with E-state index >= 15 is 0 Å². The number of aliphatic hydroxyl groups is 2. The molecule has 0 aliphatic heterocycles. The summed E-state index contributed by atoms with van der Waals surface area (Å²) in [6.45, 7) is 1.48. The summed E-state index contributed by atoms with van der Waals surface area (Å²) in [6, 6.07) is 0. The Morgan fingerprint density at radius 1 is 0.625 bits per heavy atom. The Bertz CT molecular complexity index is 268. The molecule has 0 spiro atoms. The van der Waals surface area contributed by atoms with Crippen LogP contribution >= 0.6 is 0 Å². The maximum atomic E-state index is 11.5. The van der Waals surface area contributed by atoms with Crippen molar-refractivity contribution in [2.24, 2.45) is 0 Å². The van der Waals surface area contributed by atoms with Gasteiger partial charge in [0.25, 0.3) is 0 Å². The van der Waals surface area contributed by atoms with Gasteiger partial charge in [0.05, 0.1) is 0 Å². The van der Waals surface area contributed by atoms with Crippen LogP contribution in [0.1, 0.15) is 110 Å². The standard InChI is InChI=1S/C20H41NO3/c1-2-3-4-5-6-7-8-9-10-11-12-13-14-15-16-17-20(24)21(18-22)19-23/h22-23H,2-19H2,1H3. The van der Waals surface area contributed by atoms with E-state index in [0.717, 1.165) is 17.7 Å². The average molecular weight is 344 g/mol. The van der Waals surface area contributed by atoms with Gasteiger partial charge in [0.2, 0.25) is 5.91 Å². The molecule has 0 aliphatic rings. The number of nitrogens with zero attached hydrogens (tertiary/aromatic N) is 1. The van der Waals surface area contributed by atoms with Crippen LogP contribution in [0.2, 0.25) is 0 Å². The van der Waals surface area contributed by atoms with Gasteiger partial charge in [-0.1, -0.05) is 96.8 Å². The van der Waals surface area contributed by atoms with Crippen molar-refractivity contribution in [3.63, 3.8) is 0 Å². The molecule has 0 unspecified atom stereocenters. The van der Waals surface area contributed by atoms with E-state index in [2.05, 4.69) is 6.92 Å². The van der Waals surface area contributed by atoms with Crippen molar-refractivity contribution in [2.75, 3.05) is 13.5 Å². The minimum absolute atomic E-state index is 0.158. The first-order valence-corrected chi connectivity index (χ1v) is 10.3. The predicted octanol–water partition coefficient (Wildman–Crippen LogP) is 4.98. The summed E-state index contributed by atoms with van der Waals surface area (Å²) in [5.74, 6) is -0.158. The first-order valence-electron chi connectivity index (χ1n) is 10.3. The van der Waals surface area contributed by atoms with E-state index in [1.807, 2.05) is 0 Å². The third-order valence-corrected chi connectivity index (χ3v) is 4.69. The van der Waals surface area contributed by atoms with Crippen molar-refractivity contribution >= 4 is 5.91 Å². The van der Waals surface area contributed by atoms with Crippen LogP contribution in [-0.2, 0) is 4.79 Å². The molecule has 0 rings (SSSR count). The average Bonchev–Trinajstić information content (AvgIpc) is 2.59. The molecule has 0 aromatic rings. The first kappa shape index (κ1) is 23.4. The Kier molecular flexibility index (Phi) is 18.2. The Hall–Kier alpha value is -0.610. The fourth-order valence-corrected chi connectivity index (χ4v) is 3.01. The van der Waals surface area contributed by atoms with E-state index in [1.165, 1.54) is 83.5 Å². The topological polar surface area (TPSA) is 60.8 Å². The zero-order valence-corrected chi connectivity index (χ0v) is 16.0. The van der Waals surface area contributed by atoms with Crippen LogP contribution in [0.15, 0.2) is 0 Å². The molecule has 0 aromatic carbocycles. The van der Waals surface area contributed by atoms with Crippen molar-refractivity contribution < 1.29 is 15.0 Å². The van der Waals surface area contributed by atoms with Gasteiger partial charge in [-0.05, 0) is 6.42 Å². The van der Waals surface area contributed by atoms with Gasteiger partial charge in [-0.3, -0.25) is 9.69 Å². The maximum absolute atomic E-state index is 11.5. The SMILES string of the molecule is CCCCCCCCCCCCCCCCCC(=O)N(CO)CO. The van der Waals surface area contributed by atoms with Gasteiger partial charge in [-0.15, -0.1) is 0 Å². The molecule has 144 valence electrons. The number of unbranched alkanes of at least 4 members (excludes halogenated alkanes) is 14. The van der Waals surface area contributed by atoms with E-state index in [1.54, 1.807) is 0 Å². The second-order valence-corrected chi connectivity index (χ2v) is 6.92. The van der Waals surface area contributed by atoms with Crippen molar-refractivity contribution in [1.82, 2.24) is 4.90 Å². The normalized spacial score (nSPS) is 11.0. The summed E-state index contributed by atoms with van der Waals surface area (Å²) < 4.78 is 0. The predicted molar refractivity (Wildman–Crippen MR) is 101 cm³/mol. The Morgan fingerprint density at radius 3 is 1.29 bits per heavy atom. The highest BCUT2D eigenvalue weighted by atomic mass is 16.3. The highest BCUT2D eigenvalue weighted by molar-refractivity contribution is 5.75. The lowest BCUT2D eigenvalue weighted by Crippen LogP contribution is -2.32. The van der Waals surface area contributed by atoms with Crippen LogP contribution in [0.4, 0.5) is 0 Å². The lowest BCUT2D eigenvalue weighted by atomic mass is 10.0. The summed E-state index contributed by atoms with van der Waals surface area (Å²) >= 11 is 0. The molecule has 24 heavy (non-hydrogen) atoms. The molecule has 1 amide bonds.